The maximum Gasteiger partial charge on any atom is 0.0233 e. The Kier molecular flexibility index (Phi) is 2.94. The molecule has 3 rings (SSSR count). The van der Waals surface area contributed by atoms with E-state index in [1.54, 1.807) is 0 Å². The summed E-state index contributed by atoms with van der Waals surface area (Å²) in [6.07, 6.45) is 1.38. The minimum absolute atomic E-state index is 0.900. The zero-order chi connectivity index (χ0) is 10.8. The first-order chi connectivity index (χ1) is 7.92. The predicted octanol–water partition coefficient (Wildman–Crippen LogP) is 1.73. The second-order valence-electron chi connectivity index (χ2n) is 5.19. The van der Waals surface area contributed by atoms with Gasteiger partial charge in [-0.15, -0.1) is 0 Å². The van der Waals surface area contributed by atoms with Gasteiger partial charge in [-0.2, -0.15) is 0 Å². The third-order valence-corrected chi connectivity index (χ3v) is 4.04. The van der Waals surface area contributed by atoms with Crippen LogP contribution in [0.15, 0.2) is 30.3 Å². The Morgan fingerprint density at radius 2 is 1.94 bits per heavy atom. The fourth-order valence-electron chi connectivity index (χ4n) is 3.10. The van der Waals surface area contributed by atoms with Crippen molar-refractivity contribution in [1.82, 2.24) is 10.2 Å². The molecule has 2 atom stereocenters. The van der Waals surface area contributed by atoms with Gasteiger partial charge in [-0.1, -0.05) is 30.3 Å². The van der Waals surface area contributed by atoms with E-state index in [0.717, 1.165) is 18.4 Å². The Balaban J connectivity index is 1.60. The average molecular weight is 216 g/mol. The lowest BCUT2D eigenvalue weighted by molar-refractivity contribution is 0.142. The lowest BCUT2D eigenvalue weighted by Crippen LogP contribution is -2.39. The highest BCUT2D eigenvalue weighted by atomic mass is 15.1. The molecule has 2 nitrogen and oxygen atoms in total. The van der Waals surface area contributed by atoms with Gasteiger partial charge in [0.15, 0.2) is 0 Å². The van der Waals surface area contributed by atoms with E-state index in [1.807, 2.05) is 0 Å². The fourth-order valence-corrected chi connectivity index (χ4v) is 3.10. The predicted molar refractivity (Wildman–Crippen MR) is 66.2 cm³/mol. The number of hydrogen-bond donors (Lipinski definition) is 1. The summed E-state index contributed by atoms with van der Waals surface area (Å²) in [7, 11) is 0. The number of piperidine rings is 1. The van der Waals surface area contributed by atoms with Crippen molar-refractivity contribution in [2.75, 3.05) is 26.2 Å². The van der Waals surface area contributed by atoms with E-state index in [9.17, 15) is 0 Å². The van der Waals surface area contributed by atoms with Gasteiger partial charge in [0.1, 0.15) is 0 Å². The van der Waals surface area contributed by atoms with Gasteiger partial charge in [0.25, 0.3) is 0 Å². The zero-order valence-corrected chi connectivity index (χ0v) is 9.73. The largest absolute Gasteiger partial charge is 0.316 e. The van der Waals surface area contributed by atoms with Gasteiger partial charge in [-0.3, -0.25) is 4.90 Å². The van der Waals surface area contributed by atoms with Crippen LogP contribution in [-0.4, -0.2) is 31.1 Å². The van der Waals surface area contributed by atoms with Crippen molar-refractivity contribution >= 4 is 0 Å². The van der Waals surface area contributed by atoms with Gasteiger partial charge in [0.2, 0.25) is 0 Å². The molecular formula is C14H20N2. The minimum atomic E-state index is 0.900. The van der Waals surface area contributed by atoms with Crippen molar-refractivity contribution in [1.29, 1.82) is 0 Å². The molecule has 0 aliphatic carbocycles. The first-order valence-corrected chi connectivity index (χ1v) is 6.39. The summed E-state index contributed by atoms with van der Waals surface area (Å²) in [5.74, 6) is 1.85. The summed E-state index contributed by atoms with van der Waals surface area (Å²) >= 11 is 0. The second kappa shape index (κ2) is 4.56. The van der Waals surface area contributed by atoms with Crippen molar-refractivity contribution < 1.29 is 0 Å². The van der Waals surface area contributed by atoms with Crippen LogP contribution in [0.3, 0.4) is 0 Å². The number of likely N-dealkylation sites (tertiary alicyclic amines) is 1. The van der Waals surface area contributed by atoms with E-state index in [0.29, 0.717) is 0 Å². The molecule has 0 radical (unpaired) electrons. The lowest BCUT2D eigenvalue weighted by Gasteiger charge is -2.34. The molecule has 1 aromatic carbocycles. The quantitative estimate of drug-likeness (QED) is 0.810. The van der Waals surface area contributed by atoms with Crippen LogP contribution in [0.5, 0.6) is 0 Å². The maximum absolute atomic E-state index is 3.52. The van der Waals surface area contributed by atoms with Crippen LogP contribution in [0.25, 0.3) is 0 Å². The number of rotatable bonds is 2. The van der Waals surface area contributed by atoms with Gasteiger partial charge in [-0.25, -0.2) is 0 Å². The summed E-state index contributed by atoms with van der Waals surface area (Å²) in [6, 6.07) is 10.8. The number of nitrogens with zero attached hydrogens (tertiary/aromatic N) is 1. The van der Waals surface area contributed by atoms with E-state index in [4.69, 9.17) is 0 Å². The van der Waals surface area contributed by atoms with Crippen LogP contribution in [0.4, 0.5) is 0 Å². The van der Waals surface area contributed by atoms with Crippen LogP contribution in [0.1, 0.15) is 12.0 Å². The molecule has 16 heavy (non-hydrogen) atoms. The van der Waals surface area contributed by atoms with Gasteiger partial charge in [0, 0.05) is 13.1 Å². The van der Waals surface area contributed by atoms with Crippen LogP contribution in [0.2, 0.25) is 0 Å². The zero-order valence-electron chi connectivity index (χ0n) is 9.73. The van der Waals surface area contributed by atoms with E-state index in [-0.39, 0.29) is 0 Å². The smallest absolute Gasteiger partial charge is 0.0233 e. The molecule has 0 bridgehead atoms. The van der Waals surface area contributed by atoms with Gasteiger partial charge >= 0.3 is 0 Å². The summed E-state index contributed by atoms with van der Waals surface area (Å²) in [5, 5.41) is 3.52. The standard InChI is InChI=1S/C14H20N2/c1-2-4-12(5-3-1)10-16-7-6-13-8-15-9-14(13)11-16/h1-5,13-15H,6-11H2/t13-,14+/m1/s1. The molecule has 86 valence electrons. The van der Waals surface area contributed by atoms with E-state index in [1.165, 1.54) is 38.2 Å². The molecule has 1 N–H and O–H groups in total. The Morgan fingerprint density at radius 3 is 2.81 bits per heavy atom. The fraction of sp³-hybridized carbons (Fsp3) is 0.571. The van der Waals surface area contributed by atoms with E-state index >= 15 is 0 Å². The Morgan fingerprint density at radius 1 is 1.12 bits per heavy atom. The lowest BCUT2D eigenvalue weighted by atomic mass is 9.88. The molecule has 0 unspecified atom stereocenters. The third kappa shape index (κ3) is 2.13. The SMILES string of the molecule is c1ccc(CN2CC[C@@H]3CNC[C@H]3C2)cc1. The second-order valence-corrected chi connectivity index (χ2v) is 5.19. The number of hydrogen-bond acceptors (Lipinski definition) is 2. The molecule has 2 fully saturated rings. The van der Waals surface area contributed by atoms with Crippen molar-refractivity contribution in [3.63, 3.8) is 0 Å². The van der Waals surface area contributed by atoms with Crippen molar-refractivity contribution in [3.05, 3.63) is 35.9 Å². The first kappa shape index (κ1) is 10.3. The molecular weight excluding hydrogens is 196 g/mol. The van der Waals surface area contributed by atoms with E-state index in [2.05, 4.69) is 40.5 Å². The van der Waals surface area contributed by atoms with Crippen LogP contribution in [-0.2, 0) is 6.54 Å². The normalized spacial score (nSPS) is 30.2. The van der Waals surface area contributed by atoms with Crippen molar-refractivity contribution in [3.8, 4) is 0 Å². The number of benzene rings is 1. The number of fused-ring (bicyclic) bond motifs is 1. The molecule has 0 amide bonds. The van der Waals surface area contributed by atoms with E-state index < -0.39 is 0 Å². The van der Waals surface area contributed by atoms with Gasteiger partial charge in [-0.05, 0) is 43.5 Å². The van der Waals surface area contributed by atoms with Crippen molar-refractivity contribution in [2.45, 2.75) is 13.0 Å². The highest BCUT2D eigenvalue weighted by Gasteiger charge is 2.32. The average Bonchev–Trinajstić information content (AvgIpc) is 2.77. The summed E-state index contributed by atoms with van der Waals surface area (Å²) in [6.45, 7) is 6.17. The highest BCUT2D eigenvalue weighted by Crippen LogP contribution is 2.27. The molecule has 2 aliphatic heterocycles. The maximum atomic E-state index is 3.52. The molecule has 0 saturated carbocycles. The topological polar surface area (TPSA) is 15.3 Å². The molecule has 0 spiro atoms. The Labute approximate surface area is 97.6 Å². The molecule has 2 heterocycles. The third-order valence-electron chi connectivity index (χ3n) is 4.04. The first-order valence-electron chi connectivity index (χ1n) is 6.39. The Hall–Kier alpha value is -0.860. The van der Waals surface area contributed by atoms with Crippen LogP contribution >= 0.6 is 0 Å². The highest BCUT2D eigenvalue weighted by molar-refractivity contribution is 5.14. The van der Waals surface area contributed by atoms with Crippen LogP contribution in [0, 0.1) is 11.8 Å². The van der Waals surface area contributed by atoms with Crippen molar-refractivity contribution in [2.24, 2.45) is 11.8 Å². The molecule has 2 aliphatic rings. The molecule has 0 aromatic heterocycles. The van der Waals surface area contributed by atoms with Gasteiger partial charge in [0.05, 0.1) is 0 Å². The summed E-state index contributed by atoms with van der Waals surface area (Å²) in [5.41, 5.74) is 1.45. The minimum Gasteiger partial charge on any atom is -0.316 e. The van der Waals surface area contributed by atoms with Crippen LogP contribution < -0.4 is 5.32 Å². The molecule has 2 saturated heterocycles. The molecule has 1 aromatic rings. The Bertz CT molecular complexity index is 336. The summed E-state index contributed by atoms with van der Waals surface area (Å²) in [4.78, 5) is 2.61. The summed E-state index contributed by atoms with van der Waals surface area (Å²) < 4.78 is 0. The number of nitrogens with one attached hydrogen (secondary N) is 1. The molecule has 2 heteroatoms. The van der Waals surface area contributed by atoms with Gasteiger partial charge < -0.3 is 5.32 Å². The monoisotopic (exact) mass is 216 g/mol.